The van der Waals surface area contributed by atoms with Crippen LogP contribution in [0.3, 0.4) is 0 Å². The van der Waals surface area contributed by atoms with Gasteiger partial charge in [-0.2, -0.15) is 0 Å². The molecule has 40 valence electrons. The molecule has 0 radical (unpaired) electrons. The van der Waals surface area contributed by atoms with E-state index in [-0.39, 0.29) is 18.6 Å². The van der Waals surface area contributed by atoms with Crippen LogP contribution in [0.25, 0.3) is 0 Å². The molecule has 0 N–H and O–H groups in total. The van der Waals surface area contributed by atoms with Crippen molar-refractivity contribution in [3.05, 3.63) is 0 Å². The first-order valence-corrected chi connectivity index (χ1v) is 7.03. The Morgan fingerprint density at radius 1 is 1.71 bits per heavy atom. The summed E-state index contributed by atoms with van der Waals surface area (Å²) in [6.07, 6.45) is 2.44. The van der Waals surface area contributed by atoms with Gasteiger partial charge in [0, 0.05) is 6.61 Å². The summed E-state index contributed by atoms with van der Waals surface area (Å²) in [6.45, 7) is 3.12. The number of unbranched alkanes of at least 4 members (excludes halogenated alkanes) is 1. The van der Waals surface area contributed by atoms with Crippen LogP contribution in [0.1, 0.15) is 19.8 Å². The van der Waals surface area contributed by atoms with E-state index < -0.39 is 0 Å². The van der Waals surface area contributed by atoms with Gasteiger partial charge in [-0.1, -0.05) is 13.3 Å². The van der Waals surface area contributed by atoms with Gasteiger partial charge in [0.15, 0.2) is 0 Å². The minimum absolute atomic E-state index is 0.294. The molecule has 0 saturated carbocycles. The molecule has 0 aliphatic heterocycles. The highest BCUT2D eigenvalue weighted by molar-refractivity contribution is 9.23. The highest BCUT2D eigenvalue weighted by Gasteiger charge is 1.86. The molecule has 0 rings (SSSR count). The SMILES string of the molecule is CCCC[O][Mg][Br]. The van der Waals surface area contributed by atoms with Crippen LogP contribution in [0, 0.1) is 0 Å². The summed E-state index contributed by atoms with van der Waals surface area (Å²) in [5.41, 5.74) is 0. The van der Waals surface area contributed by atoms with E-state index in [0.29, 0.717) is 0 Å². The van der Waals surface area contributed by atoms with Crippen molar-refractivity contribution in [2.24, 2.45) is 0 Å². The molecule has 0 aromatic carbocycles. The Kier molecular flexibility index (Phi) is 8.45. The van der Waals surface area contributed by atoms with Crippen molar-refractivity contribution < 1.29 is 3.17 Å². The Bertz CT molecular complexity index is 30.9. The van der Waals surface area contributed by atoms with Gasteiger partial charge in [0.1, 0.15) is 0 Å². The number of hydrogen-bond acceptors (Lipinski definition) is 1. The molecule has 0 aliphatic carbocycles. The van der Waals surface area contributed by atoms with Crippen molar-refractivity contribution in [2.45, 2.75) is 19.8 Å². The number of rotatable bonds is 4. The maximum Gasteiger partial charge on any atom is 0.665 e. The van der Waals surface area contributed by atoms with E-state index in [9.17, 15) is 0 Å². The lowest BCUT2D eigenvalue weighted by molar-refractivity contribution is 0.337. The largest absolute Gasteiger partial charge is 0.665 e. The molecule has 1 nitrogen and oxygen atoms in total. The summed E-state index contributed by atoms with van der Waals surface area (Å²) < 4.78 is 5.13. The second-order valence-electron chi connectivity index (χ2n) is 1.37. The fourth-order valence-electron chi connectivity index (χ4n) is 0.301. The maximum atomic E-state index is 5.13. The van der Waals surface area contributed by atoms with Crippen LogP contribution in [-0.4, -0.2) is 25.2 Å². The molecular formula is C4H9BrMgO. The molecule has 0 spiro atoms. The topological polar surface area (TPSA) is 9.23 Å². The molecule has 0 atom stereocenters. The van der Waals surface area contributed by atoms with Gasteiger partial charge in [0.2, 0.25) is 0 Å². The minimum atomic E-state index is -0.294. The third-order valence-electron chi connectivity index (χ3n) is 0.719. The Morgan fingerprint density at radius 2 is 2.43 bits per heavy atom. The molecule has 0 fully saturated rings. The van der Waals surface area contributed by atoms with Gasteiger partial charge in [-0.25, -0.2) is 12.9 Å². The van der Waals surface area contributed by atoms with Crippen LogP contribution >= 0.6 is 12.9 Å². The average Bonchev–Trinajstić information content (AvgIpc) is 1.69. The highest BCUT2D eigenvalue weighted by atomic mass is 79.9. The summed E-state index contributed by atoms with van der Waals surface area (Å²) in [5.74, 6) is 0. The summed E-state index contributed by atoms with van der Waals surface area (Å²) in [7, 11) is 0. The lowest BCUT2D eigenvalue weighted by atomic mass is 10.4. The van der Waals surface area contributed by atoms with Crippen LogP contribution in [0.15, 0.2) is 0 Å². The first kappa shape index (κ1) is 8.21. The zero-order valence-electron chi connectivity index (χ0n) is 4.61. The molecule has 0 aromatic heterocycles. The van der Waals surface area contributed by atoms with Gasteiger partial charge in [-0.3, -0.25) is 0 Å². The number of hydrogen-bond donors (Lipinski definition) is 0. The molecule has 0 heterocycles. The Labute approximate surface area is 60.9 Å². The minimum Gasteiger partial charge on any atom is -0.553 e. The Balaban J connectivity index is 2.45. The molecule has 0 saturated heterocycles. The molecule has 3 heteroatoms. The van der Waals surface area contributed by atoms with E-state index in [1.165, 1.54) is 12.8 Å². The van der Waals surface area contributed by atoms with Gasteiger partial charge in [-0.15, -0.1) is 0 Å². The smallest absolute Gasteiger partial charge is 0.553 e. The molecule has 0 aromatic rings. The normalized spacial score (nSPS) is 8.29. The van der Waals surface area contributed by atoms with E-state index in [1.54, 1.807) is 0 Å². The van der Waals surface area contributed by atoms with Crippen LogP contribution < -0.4 is 0 Å². The third-order valence-corrected chi connectivity index (χ3v) is 2.13. The van der Waals surface area contributed by atoms with Crippen LogP contribution in [0.2, 0.25) is 0 Å². The van der Waals surface area contributed by atoms with Gasteiger partial charge >= 0.3 is 18.6 Å². The molecule has 0 amide bonds. The first-order valence-electron chi connectivity index (χ1n) is 2.55. The second-order valence-corrected chi connectivity index (χ2v) is 3.37. The fraction of sp³-hybridized carbons (Fsp3) is 1.00. The fourth-order valence-corrected chi connectivity index (χ4v) is 1.30. The van der Waals surface area contributed by atoms with E-state index in [1.807, 2.05) is 0 Å². The monoisotopic (exact) mass is 176 g/mol. The summed E-state index contributed by atoms with van der Waals surface area (Å²) in [4.78, 5) is 0. The zero-order valence-corrected chi connectivity index (χ0v) is 7.61. The molecular weight excluding hydrogens is 168 g/mol. The Morgan fingerprint density at radius 3 is 2.86 bits per heavy atom. The van der Waals surface area contributed by atoms with Gasteiger partial charge < -0.3 is 3.17 Å². The predicted octanol–water partition coefficient (Wildman–Crippen LogP) is 1.73. The predicted molar refractivity (Wildman–Crippen MR) is 35.5 cm³/mol. The quantitative estimate of drug-likeness (QED) is 0.469. The van der Waals surface area contributed by atoms with E-state index in [4.69, 9.17) is 3.17 Å². The average molecular weight is 177 g/mol. The van der Waals surface area contributed by atoms with Crippen molar-refractivity contribution in [2.75, 3.05) is 6.61 Å². The van der Waals surface area contributed by atoms with E-state index in [2.05, 4.69) is 19.8 Å². The molecule has 7 heavy (non-hydrogen) atoms. The summed E-state index contributed by atoms with van der Waals surface area (Å²) in [6, 6.07) is 0. The second kappa shape index (κ2) is 7.21. The van der Waals surface area contributed by atoms with E-state index >= 15 is 0 Å². The highest BCUT2D eigenvalue weighted by Crippen LogP contribution is 1.87. The van der Waals surface area contributed by atoms with Crippen molar-refractivity contribution in [3.8, 4) is 0 Å². The van der Waals surface area contributed by atoms with E-state index in [0.717, 1.165) is 6.61 Å². The lowest BCUT2D eigenvalue weighted by Crippen LogP contribution is -1.91. The molecule has 0 bridgehead atoms. The van der Waals surface area contributed by atoms with Crippen LogP contribution in [-0.2, 0) is 3.17 Å². The van der Waals surface area contributed by atoms with Crippen LogP contribution in [0.5, 0.6) is 0 Å². The summed E-state index contributed by atoms with van der Waals surface area (Å²) in [5, 5.41) is 0. The van der Waals surface area contributed by atoms with Gasteiger partial charge in [-0.05, 0) is 6.42 Å². The third kappa shape index (κ3) is 7.21. The standard InChI is InChI=1S/C4H9O.BrH.Mg/c1-2-3-4-5;;/h2-4H2,1H3;1H;/q-1;;+2/p-1. The zero-order chi connectivity index (χ0) is 5.54. The van der Waals surface area contributed by atoms with Crippen molar-refractivity contribution >= 4 is 31.5 Å². The van der Waals surface area contributed by atoms with Crippen LogP contribution in [0.4, 0.5) is 0 Å². The molecule has 0 aliphatic rings. The summed E-state index contributed by atoms with van der Waals surface area (Å²) >= 11 is 3.00. The van der Waals surface area contributed by atoms with Gasteiger partial charge in [0.05, 0.1) is 0 Å². The Hall–Kier alpha value is 1.21. The van der Waals surface area contributed by atoms with Gasteiger partial charge in [0.25, 0.3) is 0 Å². The first-order chi connectivity index (χ1) is 3.41. The van der Waals surface area contributed by atoms with Crippen molar-refractivity contribution in [1.82, 2.24) is 0 Å². The maximum absolute atomic E-state index is 5.13. The lowest BCUT2D eigenvalue weighted by Gasteiger charge is -1.95. The van der Waals surface area contributed by atoms with Crippen molar-refractivity contribution in [3.63, 3.8) is 0 Å². The molecule has 0 unspecified atom stereocenters. The number of halogens is 1. The van der Waals surface area contributed by atoms with Crippen molar-refractivity contribution in [1.29, 1.82) is 0 Å².